The van der Waals surface area contributed by atoms with Crippen LogP contribution >= 0.6 is 0 Å². The zero-order valence-corrected chi connectivity index (χ0v) is 24.4. The van der Waals surface area contributed by atoms with E-state index in [0.29, 0.717) is 40.4 Å². The Labute approximate surface area is 243 Å². The lowest BCUT2D eigenvalue weighted by Gasteiger charge is -2.19. The summed E-state index contributed by atoms with van der Waals surface area (Å²) in [5.41, 5.74) is 10.1. The van der Waals surface area contributed by atoms with Crippen LogP contribution in [0.3, 0.4) is 0 Å². The summed E-state index contributed by atoms with van der Waals surface area (Å²) in [5, 5.41) is 3.12. The third kappa shape index (κ3) is 4.99. The van der Waals surface area contributed by atoms with E-state index < -0.39 is 9.84 Å². The van der Waals surface area contributed by atoms with Gasteiger partial charge in [0.05, 0.1) is 46.0 Å². The molecule has 0 unspecified atom stereocenters. The van der Waals surface area contributed by atoms with E-state index in [4.69, 9.17) is 15.7 Å². The molecule has 0 aromatic carbocycles. The van der Waals surface area contributed by atoms with Crippen LogP contribution in [0.1, 0.15) is 87.3 Å². The van der Waals surface area contributed by atoms with E-state index in [1.807, 2.05) is 0 Å². The molecule has 3 aliphatic carbocycles. The van der Waals surface area contributed by atoms with Crippen molar-refractivity contribution in [1.82, 2.24) is 34.5 Å². The standard InChI is InChI=1S/C29H33N9O3S/c1-3-42(40,41)20-11-10-19(31-13-20)12-32-26-28(39)38(15(2)16-4-5-16)27-21(34-26)14-33-25(37-27)22-23(17-6-7-17)35-29(30)36-24(22)18-8-9-18/h10-11,13-18H,3-9,12H2,1-2H3,(H,32,34)(H2,30,35,36)/t15-/m0/s1. The van der Waals surface area contributed by atoms with E-state index in [2.05, 4.69) is 32.2 Å². The summed E-state index contributed by atoms with van der Waals surface area (Å²) in [6, 6.07) is 3.10. The highest BCUT2D eigenvalue weighted by Gasteiger charge is 2.37. The number of nitrogens with zero attached hydrogens (tertiary/aromatic N) is 7. The van der Waals surface area contributed by atoms with Gasteiger partial charge in [0.15, 0.2) is 27.1 Å². The minimum Gasteiger partial charge on any atom is -0.368 e. The van der Waals surface area contributed by atoms with Gasteiger partial charge in [-0.2, -0.15) is 0 Å². The van der Waals surface area contributed by atoms with Gasteiger partial charge in [0, 0.05) is 24.1 Å². The molecule has 3 N–H and O–H groups in total. The maximum Gasteiger partial charge on any atom is 0.295 e. The summed E-state index contributed by atoms with van der Waals surface area (Å²) < 4.78 is 26.0. The molecule has 12 nitrogen and oxygen atoms in total. The van der Waals surface area contributed by atoms with Crippen LogP contribution in [0.15, 0.2) is 34.2 Å². The largest absolute Gasteiger partial charge is 0.368 e. The second-order valence-corrected chi connectivity index (χ2v) is 13.9. The van der Waals surface area contributed by atoms with Gasteiger partial charge in [-0.05, 0) is 63.5 Å². The molecule has 4 heterocycles. The molecule has 218 valence electrons. The van der Waals surface area contributed by atoms with Gasteiger partial charge in [-0.3, -0.25) is 14.3 Å². The van der Waals surface area contributed by atoms with Crippen LogP contribution in [0.25, 0.3) is 22.6 Å². The Balaban J connectivity index is 1.29. The van der Waals surface area contributed by atoms with Crippen molar-refractivity contribution in [2.45, 2.75) is 81.7 Å². The average molecular weight is 588 g/mol. The fourth-order valence-electron chi connectivity index (χ4n) is 5.49. The SMILES string of the molecule is CCS(=O)(=O)c1ccc(CNc2nc3cnc(-c4c(C5CC5)nc(N)nc4C4CC4)nc3n([C@@H](C)C3CC3)c2=O)nc1. The molecule has 7 rings (SSSR count). The van der Waals surface area contributed by atoms with E-state index in [1.165, 1.54) is 12.3 Å². The summed E-state index contributed by atoms with van der Waals surface area (Å²) in [5.74, 6) is 2.01. The normalized spacial score (nSPS) is 17.9. The minimum absolute atomic E-state index is 0.00489. The van der Waals surface area contributed by atoms with Gasteiger partial charge in [-0.1, -0.05) is 6.92 Å². The third-order valence-corrected chi connectivity index (χ3v) is 10.2. The number of pyridine rings is 1. The molecule has 3 saturated carbocycles. The highest BCUT2D eigenvalue weighted by molar-refractivity contribution is 7.91. The van der Waals surface area contributed by atoms with Gasteiger partial charge in [-0.25, -0.2) is 33.3 Å². The summed E-state index contributed by atoms with van der Waals surface area (Å²) in [6.07, 6.45) is 9.32. The maximum absolute atomic E-state index is 13.9. The van der Waals surface area contributed by atoms with Crippen molar-refractivity contribution in [3.8, 4) is 11.4 Å². The lowest BCUT2D eigenvalue weighted by molar-refractivity contribution is 0.482. The predicted molar refractivity (Wildman–Crippen MR) is 158 cm³/mol. The fourth-order valence-corrected chi connectivity index (χ4v) is 6.31. The van der Waals surface area contributed by atoms with E-state index >= 15 is 0 Å². The molecule has 42 heavy (non-hydrogen) atoms. The zero-order chi connectivity index (χ0) is 29.2. The molecule has 13 heteroatoms. The summed E-state index contributed by atoms with van der Waals surface area (Å²) >= 11 is 0. The molecule has 0 aliphatic heterocycles. The summed E-state index contributed by atoms with van der Waals surface area (Å²) in [7, 11) is -3.34. The first kappa shape index (κ1) is 26.9. The quantitative estimate of drug-likeness (QED) is 0.277. The average Bonchev–Trinajstić information content (AvgIpc) is 3.84. The van der Waals surface area contributed by atoms with Gasteiger partial charge in [-0.15, -0.1) is 0 Å². The first-order chi connectivity index (χ1) is 20.2. The molecule has 3 aliphatic rings. The van der Waals surface area contributed by atoms with Gasteiger partial charge >= 0.3 is 0 Å². The van der Waals surface area contributed by atoms with Gasteiger partial charge in [0.25, 0.3) is 5.56 Å². The first-order valence-electron chi connectivity index (χ1n) is 14.6. The number of hydrogen-bond acceptors (Lipinski definition) is 11. The van der Waals surface area contributed by atoms with Crippen molar-refractivity contribution in [3.63, 3.8) is 0 Å². The molecule has 0 radical (unpaired) electrons. The number of anilines is 2. The summed E-state index contributed by atoms with van der Waals surface area (Å²) in [6.45, 7) is 3.85. The molecular formula is C29H33N9O3S. The predicted octanol–water partition coefficient (Wildman–Crippen LogP) is 3.75. The number of hydrogen-bond donors (Lipinski definition) is 2. The second-order valence-electron chi connectivity index (χ2n) is 11.6. The molecule has 0 saturated heterocycles. The number of nitrogens with two attached hydrogens (primary N) is 1. The van der Waals surface area contributed by atoms with Crippen LogP contribution in [0.5, 0.6) is 0 Å². The van der Waals surface area contributed by atoms with Crippen molar-refractivity contribution < 1.29 is 8.42 Å². The highest BCUT2D eigenvalue weighted by atomic mass is 32.2. The molecule has 0 amide bonds. The van der Waals surface area contributed by atoms with Gasteiger partial charge in [0.2, 0.25) is 5.95 Å². The Kier molecular flexibility index (Phi) is 6.44. The number of fused-ring (bicyclic) bond motifs is 1. The third-order valence-electron chi connectivity index (χ3n) is 8.45. The van der Waals surface area contributed by atoms with E-state index in [1.54, 1.807) is 23.8 Å². The lowest BCUT2D eigenvalue weighted by atomic mass is 10.0. The van der Waals surface area contributed by atoms with E-state index in [9.17, 15) is 13.2 Å². The van der Waals surface area contributed by atoms with Crippen molar-refractivity contribution in [2.75, 3.05) is 16.8 Å². The number of nitrogens with one attached hydrogen (secondary N) is 1. The maximum atomic E-state index is 13.9. The Morgan fingerprint density at radius 1 is 0.976 bits per heavy atom. The molecule has 0 bridgehead atoms. The molecule has 0 spiro atoms. The number of nitrogen functional groups attached to an aromatic ring is 1. The van der Waals surface area contributed by atoms with Crippen LogP contribution in [0.4, 0.5) is 11.8 Å². The molecule has 4 aromatic rings. The van der Waals surface area contributed by atoms with Crippen LogP contribution in [0, 0.1) is 5.92 Å². The Bertz CT molecular complexity index is 1830. The van der Waals surface area contributed by atoms with E-state index in [0.717, 1.165) is 55.5 Å². The summed E-state index contributed by atoms with van der Waals surface area (Å²) in [4.78, 5) is 41.9. The van der Waals surface area contributed by atoms with Gasteiger partial charge < -0.3 is 11.1 Å². The van der Waals surface area contributed by atoms with Crippen LogP contribution in [0.2, 0.25) is 0 Å². The zero-order valence-electron chi connectivity index (χ0n) is 23.6. The van der Waals surface area contributed by atoms with Gasteiger partial charge in [0.1, 0.15) is 5.52 Å². The fraction of sp³-hybridized carbons (Fsp3) is 0.483. The van der Waals surface area contributed by atoms with Crippen LogP contribution in [-0.2, 0) is 16.4 Å². The number of rotatable bonds is 10. The van der Waals surface area contributed by atoms with E-state index in [-0.39, 0.29) is 40.6 Å². The lowest BCUT2D eigenvalue weighted by Crippen LogP contribution is -2.29. The van der Waals surface area contributed by atoms with Crippen molar-refractivity contribution in [1.29, 1.82) is 0 Å². The molecule has 1 atom stereocenters. The van der Waals surface area contributed by atoms with Crippen molar-refractivity contribution in [2.24, 2.45) is 5.92 Å². The Morgan fingerprint density at radius 3 is 2.24 bits per heavy atom. The van der Waals surface area contributed by atoms with Crippen molar-refractivity contribution >= 4 is 32.8 Å². The molecule has 4 aromatic heterocycles. The van der Waals surface area contributed by atoms with Crippen LogP contribution in [-0.4, -0.2) is 48.6 Å². The minimum atomic E-state index is -3.34. The molecular weight excluding hydrogens is 554 g/mol. The monoisotopic (exact) mass is 587 g/mol. The van der Waals surface area contributed by atoms with Crippen molar-refractivity contribution in [3.05, 3.63) is 52.0 Å². The van der Waals surface area contributed by atoms with Crippen LogP contribution < -0.4 is 16.6 Å². The molecule has 3 fully saturated rings. The first-order valence-corrected chi connectivity index (χ1v) is 16.3. The topological polar surface area (TPSA) is 172 Å². The number of sulfone groups is 1. The Morgan fingerprint density at radius 2 is 1.67 bits per heavy atom. The highest BCUT2D eigenvalue weighted by Crippen LogP contribution is 2.49. The second kappa shape index (κ2) is 10.1. The number of aromatic nitrogens is 7. The Hall–Kier alpha value is -4.00. The smallest absolute Gasteiger partial charge is 0.295 e.